The van der Waals surface area contributed by atoms with Crippen LogP contribution in [-0.2, 0) is 10.0 Å². The van der Waals surface area contributed by atoms with Crippen molar-refractivity contribution in [1.29, 1.82) is 0 Å². The first-order valence-electron chi connectivity index (χ1n) is 9.94. The van der Waals surface area contributed by atoms with Crippen molar-refractivity contribution < 1.29 is 22.4 Å². The van der Waals surface area contributed by atoms with Crippen molar-refractivity contribution in [3.63, 3.8) is 0 Å². The summed E-state index contributed by atoms with van der Waals surface area (Å²) in [5.74, 6) is 1.98. The molecule has 1 aliphatic heterocycles. The molecule has 1 N–H and O–H groups in total. The van der Waals surface area contributed by atoms with E-state index >= 15 is 0 Å². The van der Waals surface area contributed by atoms with E-state index in [9.17, 15) is 8.42 Å². The van der Waals surface area contributed by atoms with Crippen LogP contribution in [0.2, 0.25) is 0 Å². The van der Waals surface area contributed by atoms with Crippen molar-refractivity contribution in [3.05, 3.63) is 72.3 Å². The van der Waals surface area contributed by atoms with E-state index in [1.807, 2.05) is 23.1 Å². The number of hydrogen-bond acceptors (Lipinski definition) is 9. The summed E-state index contributed by atoms with van der Waals surface area (Å²) in [6.45, 7) is 3.64. The summed E-state index contributed by atoms with van der Waals surface area (Å²) in [5, 5.41) is 3.78. The topological polar surface area (TPSA) is 120 Å². The molecule has 0 amide bonds. The summed E-state index contributed by atoms with van der Waals surface area (Å²) in [7, 11) is -3.87. The molecule has 0 bridgehead atoms. The molecule has 0 atom stereocenters. The molecule has 11 heteroatoms. The van der Waals surface area contributed by atoms with Gasteiger partial charge in [-0.05, 0) is 56.3 Å². The third-order valence-corrected chi connectivity index (χ3v) is 6.55. The average Bonchev–Trinajstić information content (AvgIpc) is 3.42. The lowest BCUT2D eigenvalue weighted by Crippen LogP contribution is -2.14. The van der Waals surface area contributed by atoms with Gasteiger partial charge >= 0.3 is 0 Å². The van der Waals surface area contributed by atoms with Gasteiger partial charge in [0.1, 0.15) is 12.1 Å². The molecule has 1 aliphatic rings. The lowest BCUT2D eigenvalue weighted by atomic mass is 10.2. The molecule has 4 aromatic rings. The van der Waals surface area contributed by atoms with Crippen molar-refractivity contribution in [1.82, 2.24) is 15.1 Å². The third-order valence-electron chi connectivity index (χ3n) is 5.20. The van der Waals surface area contributed by atoms with E-state index in [2.05, 4.69) is 19.8 Å². The second-order valence-electron chi connectivity index (χ2n) is 7.26. The molecule has 0 saturated heterocycles. The zero-order valence-corrected chi connectivity index (χ0v) is 18.5. The second kappa shape index (κ2) is 8.10. The van der Waals surface area contributed by atoms with Gasteiger partial charge in [-0.3, -0.25) is 4.90 Å². The van der Waals surface area contributed by atoms with Crippen molar-refractivity contribution in [2.24, 2.45) is 0 Å². The molecule has 10 nitrogen and oxygen atoms in total. The molecule has 2 aromatic carbocycles. The first-order chi connectivity index (χ1) is 15.9. The van der Waals surface area contributed by atoms with Crippen molar-refractivity contribution in [3.8, 4) is 11.5 Å². The van der Waals surface area contributed by atoms with E-state index in [0.29, 0.717) is 34.3 Å². The fourth-order valence-corrected chi connectivity index (χ4v) is 4.37. The van der Waals surface area contributed by atoms with Crippen LogP contribution in [0.1, 0.15) is 11.3 Å². The molecule has 5 rings (SSSR count). The van der Waals surface area contributed by atoms with E-state index in [4.69, 9.17) is 14.0 Å². The molecule has 0 aliphatic carbocycles. The first kappa shape index (κ1) is 20.8. The van der Waals surface area contributed by atoms with Crippen molar-refractivity contribution in [2.45, 2.75) is 18.7 Å². The number of aromatic nitrogens is 3. The fourth-order valence-electron chi connectivity index (χ4n) is 3.32. The number of hydrogen-bond donors (Lipinski definition) is 1. The minimum atomic E-state index is -3.87. The van der Waals surface area contributed by atoms with Crippen LogP contribution in [0.4, 0.5) is 23.1 Å². The van der Waals surface area contributed by atoms with Gasteiger partial charge in [-0.1, -0.05) is 5.16 Å². The Morgan fingerprint density at radius 2 is 1.73 bits per heavy atom. The van der Waals surface area contributed by atoms with Gasteiger partial charge in [-0.2, -0.15) is 0 Å². The number of anilines is 4. The zero-order chi connectivity index (χ0) is 23.0. The Morgan fingerprint density at radius 3 is 2.42 bits per heavy atom. The van der Waals surface area contributed by atoms with Crippen molar-refractivity contribution in [2.75, 3.05) is 16.4 Å². The number of aryl methyl sites for hydroxylation is 1. The monoisotopic (exact) mass is 465 g/mol. The number of fused-ring (bicyclic) bond motifs is 1. The minimum Gasteiger partial charge on any atom is -0.454 e. The lowest BCUT2D eigenvalue weighted by Gasteiger charge is -2.24. The molecule has 0 fully saturated rings. The number of nitrogens with zero attached hydrogens (tertiary/aromatic N) is 4. The predicted molar refractivity (Wildman–Crippen MR) is 120 cm³/mol. The van der Waals surface area contributed by atoms with Crippen LogP contribution in [0.25, 0.3) is 0 Å². The normalized spacial score (nSPS) is 12.5. The Balaban J connectivity index is 1.50. The van der Waals surface area contributed by atoms with Crippen LogP contribution in [-0.4, -0.2) is 30.3 Å². The zero-order valence-electron chi connectivity index (χ0n) is 17.7. The molecule has 2 aromatic heterocycles. The van der Waals surface area contributed by atoms with Crippen LogP contribution in [0.3, 0.4) is 0 Å². The maximum absolute atomic E-state index is 12.8. The minimum absolute atomic E-state index is 0.0769. The molecule has 0 radical (unpaired) electrons. The van der Waals surface area contributed by atoms with Crippen LogP contribution in [0, 0.1) is 13.8 Å². The molecule has 0 spiro atoms. The van der Waals surface area contributed by atoms with Gasteiger partial charge in [0.25, 0.3) is 10.0 Å². The lowest BCUT2D eigenvalue weighted by molar-refractivity contribution is 0.174. The summed E-state index contributed by atoms with van der Waals surface area (Å²) >= 11 is 0. The smallest absolute Gasteiger partial charge is 0.264 e. The van der Waals surface area contributed by atoms with E-state index in [1.54, 1.807) is 38.2 Å². The van der Waals surface area contributed by atoms with Gasteiger partial charge in [0.2, 0.25) is 12.7 Å². The number of nitrogens with one attached hydrogen (secondary N) is 1. The molecule has 33 heavy (non-hydrogen) atoms. The third kappa shape index (κ3) is 3.94. The van der Waals surface area contributed by atoms with Crippen LogP contribution in [0.15, 0.2) is 70.5 Å². The molecule has 0 unspecified atom stereocenters. The van der Waals surface area contributed by atoms with Crippen LogP contribution in [0.5, 0.6) is 11.5 Å². The largest absolute Gasteiger partial charge is 0.454 e. The Kier molecular flexibility index (Phi) is 5.09. The number of ether oxygens (including phenoxy) is 2. The number of rotatable bonds is 6. The van der Waals surface area contributed by atoms with Gasteiger partial charge in [0.15, 0.2) is 11.5 Å². The van der Waals surface area contributed by atoms with Gasteiger partial charge in [-0.15, -0.1) is 0 Å². The average molecular weight is 465 g/mol. The highest BCUT2D eigenvalue weighted by molar-refractivity contribution is 7.92. The highest BCUT2D eigenvalue weighted by Crippen LogP contribution is 2.40. The maximum Gasteiger partial charge on any atom is 0.264 e. The standard InChI is InChI=1S/C22H19N5O5S/c1-14-15(2)25-32-22(14)26-33(28,29)18-6-3-16(4-7-18)27(21-9-10-23-12-24-21)17-5-8-19-20(11-17)31-13-30-19/h3-12,26H,13H2,1-2H3. The van der Waals surface area contributed by atoms with Gasteiger partial charge in [0.05, 0.1) is 16.3 Å². The second-order valence-corrected chi connectivity index (χ2v) is 8.94. The fraction of sp³-hybridized carbons (Fsp3) is 0.136. The highest BCUT2D eigenvalue weighted by atomic mass is 32.2. The Morgan fingerprint density at radius 1 is 0.970 bits per heavy atom. The van der Waals surface area contributed by atoms with E-state index < -0.39 is 10.0 Å². The van der Waals surface area contributed by atoms with E-state index in [-0.39, 0.29) is 17.6 Å². The Labute approximate surface area is 189 Å². The van der Waals surface area contributed by atoms with Crippen LogP contribution < -0.4 is 19.1 Å². The SMILES string of the molecule is Cc1noc(NS(=O)(=O)c2ccc(N(c3ccc4c(c3)OCO4)c3ccncn3)cc2)c1C. The number of sulfonamides is 1. The van der Waals surface area contributed by atoms with Gasteiger partial charge in [-0.25, -0.2) is 23.1 Å². The summed E-state index contributed by atoms with van der Waals surface area (Å²) < 4.78 is 44.1. The Bertz CT molecular complexity index is 1410. The van der Waals surface area contributed by atoms with Crippen LogP contribution >= 0.6 is 0 Å². The molecule has 0 saturated carbocycles. The van der Waals surface area contributed by atoms with E-state index in [0.717, 1.165) is 5.69 Å². The predicted octanol–water partition coefficient (Wildman–Crippen LogP) is 4.08. The van der Waals surface area contributed by atoms with Gasteiger partial charge < -0.3 is 14.0 Å². The Hall–Kier alpha value is -4.12. The summed E-state index contributed by atoms with van der Waals surface area (Å²) in [6.07, 6.45) is 3.08. The number of benzene rings is 2. The molecular weight excluding hydrogens is 446 g/mol. The first-order valence-corrected chi connectivity index (χ1v) is 11.4. The molecule has 168 valence electrons. The highest BCUT2D eigenvalue weighted by Gasteiger charge is 2.22. The van der Waals surface area contributed by atoms with E-state index in [1.165, 1.54) is 18.5 Å². The van der Waals surface area contributed by atoms with Crippen molar-refractivity contribution >= 4 is 33.1 Å². The maximum atomic E-state index is 12.8. The van der Waals surface area contributed by atoms with Gasteiger partial charge in [0, 0.05) is 23.5 Å². The molecular formula is C22H19N5O5S. The summed E-state index contributed by atoms with van der Waals surface area (Å²) in [6, 6.07) is 13.7. The summed E-state index contributed by atoms with van der Waals surface area (Å²) in [5.41, 5.74) is 2.71. The summed E-state index contributed by atoms with van der Waals surface area (Å²) in [4.78, 5) is 10.3. The quantitative estimate of drug-likeness (QED) is 0.449. The molecule has 3 heterocycles.